The van der Waals surface area contributed by atoms with Crippen molar-refractivity contribution in [2.75, 3.05) is 6.54 Å². The van der Waals surface area contributed by atoms with Gasteiger partial charge in [0.2, 0.25) is 0 Å². The lowest BCUT2D eigenvalue weighted by atomic mass is 10.0. The summed E-state index contributed by atoms with van der Waals surface area (Å²) in [6.07, 6.45) is 4.47. The fraction of sp³-hybridized carbons (Fsp3) is 0.462. The third-order valence-corrected chi connectivity index (χ3v) is 3.51. The molecule has 0 amide bonds. The minimum Gasteiger partial charge on any atom is -0.326 e. The van der Waals surface area contributed by atoms with Crippen LogP contribution in [0.5, 0.6) is 0 Å². The van der Waals surface area contributed by atoms with E-state index in [9.17, 15) is 0 Å². The van der Waals surface area contributed by atoms with Gasteiger partial charge in [-0.1, -0.05) is 12.1 Å². The Balaban J connectivity index is 1.94. The monoisotopic (exact) mass is 215 g/mol. The first kappa shape index (κ1) is 9.85. The smallest absolute Gasteiger partial charge is 0.0961 e. The van der Waals surface area contributed by atoms with Crippen molar-refractivity contribution < 1.29 is 0 Å². The van der Waals surface area contributed by atoms with Crippen molar-refractivity contribution in [1.82, 2.24) is 14.9 Å². The van der Waals surface area contributed by atoms with Gasteiger partial charge in [0.05, 0.1) is 17.4 Å². The van der Waals surface area contributed by atoms with Gasteiger partial charge in [-0.05, 0) is 31.9 Å². The Morgan fingerprint density at radius 2 is 2.19 bits per heavy atom. The molecule has 1 saturated heterocycles. The average molecular weight is 215 g/mol. The van der Waals surface area contributed by atoms with Gasteiger partial charge in [-0.25, -0.2) is 4.98 Å². The van der Waals surface area contributed by atoms with Crippen molar-refractivity contribution >= 4 is 11.0 Å². The van der Waals surface area contributed by atoms with Gasteiger partial charge >= 0.3 is 0 Å². The molecule has 3 rings (SSSR count). The molecule has 2 aromatic rings. The highest BCUT2D eigenvalue weighted by Crippen LogP contribution is 2.23. The van der Waals surface area contributed by atoms with Gasteiger partial charge < -0.3 is 9.88 Å². The van der Waals surface area contributed by atoms with Crippen molar-refractivity contribution in [2.45, 2.75) is 31.8 Å². The molecular formula is C13H17N3. The number of piperidine rings is 1. The summed E-state index contributed by atoms with van der Waals surface area (Å²) < 4.78 is 2.31. The lowest BCUT2D eigenvalue weighted by molar-refractivity contribution is 0.326. The first-order valence-electron chi connectivity index (χ1n) is 5.99. The van der Waals surface area contributed by atoms with Crippen molar-refractivity contribution in [3.05, 3.63) is 30.6 Å². The van der Waals surface area contributed by atoms with E-state index in [0.717, 1.165) is 12.1 Å². The largest absolute Gasteiger partial charge is 0.326 e. The molecule has 2 heterocycles. The number of aromatic nitrogens is 2. The third kappa shape index (κ3) is 1.61. The minimum atomic E-state index is 0.559. The highest BCUT2D eigenvalue weighted by atomic mass is 15.1. The Labute approximate surface area is 95.5 Å². The van der Waals surface area contributed by atoms with Crippen LogP contribution >= 0.6 is 0 Å². The van der Waals surface area contributed by atoms with Crippen molar-refractivity contribution in [3.8, 4) is 0 Å². The number of hydrogen-bond acceptors (Lipinski definition) is 2. The second kappa shape index (κ2) is 3.91. The number of imidazole rings is 1. The van der Waals surface area contributed by atoms with Crippen LogP contribution in [0.3, 0.4) is 0 Å². The second-order valence-corrected chi connectivity index (χ2v) is 4.68. The molecule has 1 aliphatic heterocycles. The van der Waals surface area contributed by atoms with Crippen LogP contribution in [0.25, 0.3) is 11.0 Å². The standard InChI is InChI=1S/C13H17N3/c1-10-6-7-11(8-14-10)16-9-15-12-4-2-3-5-13(12)16/h2-5,9-11,14H,6-8H2,1H3. The first-order valence-corrected chi connectivity index (χ1v) is 5.99. The molecule has 2 unspecified atom stereocenters. The molecule has 0 bridgehead atoms. The van der Waals surface area contributed by atoms with E-state index in [4.69, 9.17) is 0 Å². The molecule has 1 fully saturated rings. The molecule has 1 aromatic carbocycles. The molecule has 0 saturated carbocycles. The maximum Gasteiger partial charge on any atom is 0.0961 e. The lowest BCUT2D eigenvalue weighted by Gasteiger charge is -2.28. The van der Waals surface area contributed by atoms with Gasteiger partial charge in [0.25, 0.3) is 0 Å². The number of nitrogens with one attached hydrogen (secondary N) is 1. The number of benzene rings is 1. The van der Waals surface area contributed by atoms with Gasteiger partial charge in [0.1, 0.15) is 0 Å². The number of rotatable bonds is 1. The molecule has 0 spiro atoms. The predicted molar refractivity (Wildman–Crippen MR) is 65.5 cm³/mol. The van der Waals surface area contributed by atoms with Crippen molar-refractivity contribution in [2.24, 2.45) is 0 Å². The van der Waals surface area contributed by atoms with Crippen LogP contribution in [0.2, 0.25) is 0 Å². The van der Waals surface area contributed by atoms with Crippen LogP contribution in [0.1, 0.15) is 25.8 Å². The van der Waals surface area contributed by atoms with E-state index in [1.54, 1.807) is 0 Å². The Morgan fingerprint density at radius 1 is 1.31 bits per heavy atom. The summed E-state index contributed by atoms with van der Waals surface area (Å²) >= 11 is 0. The van der Waals surface area contributed by atoms with E-state index < -0.39 is 0 Å². The Morgan fingerprint density at radius 3 is 3.00 bits per heavy atom. The SMILES string of the molecule is CC1CCC(n2cnc3ccccc32)CN1. The molecule has 3 heteroatoms. The van der Waals surface area contributed by atoms with Gasteiger partial charge in [-0.3, -0.25) is 0 Å². The van der Waals surface area contributed by atoms with Crippen molar-refractivity contribution in [1.29, 1.82) is 0 Å². The van der Waals surface area contributed by atoms with E-state index >= 15 is 0 Å². The number of nitrogens with zero attached hydrogens (tertiary/aromatic N) is 2. The first-order chi connectivity index (χ1) is 7.84. The summed E-state index contributed by atoms with van der Waals surface area (Å²) in [6.45, 7) is 3.31. The molecule has 3 nitrogen and oxygen atoms in total. The van der Waals surface area contributed by atoms with Gasteiger partial charge in [-0.2, -0.15) is 0 Å². The molecule has 16 heavy (non-hydrogen) atoms. The molecule has 0 radical (unpaired) electrons. The highest BCUT2D eigenvalue weighted by Gasteiger charge is 2.19. The summed E-state index contributed by atoms with van der Waals surface area (Å²) in [4.78, 5) is 4.45. The van der Waals surface area contributed by atoms with Crippen LogP contribution in [0.15, 0.2) is 30.6 Å². The Hall–Kier alpha value is -1.35. The topological polar surface area (TPSA) is 29.9 Å². The second-order valence-electron chi connectivity index (χ2n) is 4.68. The quantitative estimate of drug-likeness (QED) is 0.791. The summed E-state index contributed by atoms with van der Waals surface area (Å²) in [5, 5.41) is 3.54. The maximum atomic E-state index is 4.45. The number of para-hydroxylation sites is 2. The third-order valence-electron chi connectivity index (χ3n) is 3.51. The molecule has 84 valence electrons. The van der Waals surface area contributed by atoms with Crippen LogP contribution in [-0.2, 0) is 0 Å². The zero-order valence-corrected chi connectivity index (χ0v) is 9.56. The molecule has 0 aliphatic carbocycles. The molecule has 2 atom stereocenters. The van der Waals surface area contributed by atoms with E-state index in [-0.39, 0.29) is 0 Å². The Bertz CT molecular complexity index is 481. The van der Waals surface area contributed by atoms with Gasteiger partial charge in [-0.15, -0.1) is 0 Å². The zero-order chi connectivity index (χ0) is 11.0. The fourth-order valence-electron chi connectivity index (χ4n) is 2.49. The lowest BCUT2D eigenvalue weighted by Crippen LogP contribution is -2.37. The van der Waals surface area contributed by atoms with E-state index in [1.807, 2.05) is 12.4 Å². The van der Waals surface area contributed by atoms with Crippen LogP contribution in [-0.4, -0.2) is 22.1 Å². The molecule has 1 aliphatic rings. The highest BCUT2D eigenvalue weighted by molar-refractivity contribution is 5.75. The van der Waals surface area contributed by atoms with Crippen molar-refractivity contribution in [3.63, 3.8) is 0 Å². The van der Waals surface area contributed by atoms with E-state index in [0.29, 0.717) is 12.1 Å². The van der Waals surface area contributed by atoms with Gasteiger partial charge in [0, 0.05) is 18.6 Å². The number of hydrogen-bond donors (Lipinski definition) is 1. The maximum absolute atomic E-state index is 4.45. The molecular weight excluding hydrogens is 198 g/mol. The fourth-order valence-corrected chi connectivity index (χ4v) is 2.49. The molecule has 1 N–H and O–H groups in total. The summed E-state index contributed by atoms with van der Waals surface area (Å²) in [5.74, 6) is 0. The van der Waals surface area contributed by atoms with E-state index in [2.05, 4.69) is 40.0 Å². The predicted octanol–water partition coefficient (Wildman–Crippen LogP) is 2.35. The summed E-state index contributed by atoms with van der Waals surface area (Å²) in [6, 6.07) is 9.57. The van der Waals surface area contributed by atoms with Crippen LogP contribution < -0.4 is 5.32 Å². The van der Waals surface area contributed by atoms with Gasteiger partial charge in [0.15, 0.2) is 0 Å². The Kier molecular flexibility index (Phi) is 2.40. The van der Waals surface area contributed by atoms with Crippen LogP contribution in [0.4, 0.5) is 0 Å². The number of fused-ring (bicyclic) bond motifs is 1. The zero-order valence-electron chi connectivity index (χ0n) is 9.56. The summed E-state index contributed by atoms with van der Waals surface area (Å²) in [7, 11) is 0. The van der Waals surface area contributed by atoms with Crippen LogP contribution in [0, 0.1) is 0 Å². The van der Waals surface area contributed by atoms with E-state index in [1.165, 1.54) is 18.4 Å². The molecule has 1 aromatic heterocycles. The summed E-state index contributed by atoms with van der Waals surface area (Å²) in [5.41, 5.74) is 2.35. The minimum absolute atomic E-state index is 0.559. The normalized spacial score (nSPS) is 26.1. The average Bonchev–Trinajstić information content (AvgIpc) is 2.74.